The molecule has 0 bridgehead atoms. The van der Waals surface area contributed by atoms with Gasteiger partial charge in [0, 0.05) is 12.4 Å². The fourth-order valence-corrected chi connectivity index (χ4v) is 2.45. The summed E-state index contributed by atoms with van der Waals surface area (Å²) in [6.45, 7) is 0.811. The van der Waals surface area contributed by atoms with Gasteiger partial charge in [-0.2, -0.15) is 0 Å². The van der Waals surface area contributed by atoms with Gasteiger partial charge < -0.3 is 9.47 Å². The maximum absolute atomic E-state index is 13.1. The number of nitrogens with one attached hydrogen (secondary N) is 1. The molecule has 0 amide bonds. The maximum Gasteiger partial charge on any atom is 0.157 e. The number of H-pyrrole nitrogens is 1. The van der Waals surface area contributed by atoms with E-state index in [0.29, 0.717) is 0 Å². The molecule has 1 N–H and O–H groups in total. The Morgan fingerprint density at radius 2 is 1.71 bits per heavy atom. The van der Waals surface area contributed by atoms with E-state index in [2.05, 4.69) is 36.1 Å². The molecule has 0 fully saturated rings. The van der Waals surface area contributed by atoms with Gasteiger partial charge >= 0.3 is 0 Å². The summed E-state index contributed by atoms with van der Waals surface area (Å²) >= 11 is 0. The van der Waals surface area contributed by atoms with Gasteiger partial charge in [-0.3, -0.25) is 4.98 Å². The number of hydrogen-bond donors (Lipinski definition) is 1. The molecule has 2 heterocycles. The number of aromatic nitrogens is 3. The van der Waals surface area contributed by atoms with Crippen molar-refractivity contribution in [3.05, 3.63) is 48.0 Å². The number of quaternary nitrogens is 1. The van der Waals surface area contributed by atoms with Crippen molar-refractivity contribution in [2.75, 3.05) is 21.1 Å². The summed E-state index contributed by atoms with van der Waals surface area (Å²) in [5, 5.41) is 0. The van der Waals surface area contributed by atoms with Crippen molar-refractivity contribution in [2.24, 2.45) is 0 Å². The highest BCUT2D eigenvalue weighted by Gasteiger charge is 2.20. The lowest BCUT2D eigenvalue weighted by molar-refractivity contribution is -0.883. The first-order valence-corrected chi connectivity index (χ1v) is 6.82. The molecule has 4 nitrogen and oxygen atoms in total. The largest absolute Gasteiger partial charge is 0.337 e. The highest BCUT2D eigenvalue weighted by molar-refractivity contribution is 5.84. The van der Waals surface area contributed by atoms with Crippen LogP contribution in [0, 0.1) is 5.82 Å². The van der Waals surface area contributed by atoms with Gasteiger partial charge in [-0.15, -0.1) is 0 Å². The Labute approximate surface area is 122 Å². The highest BCUT2D eigenvalue weighted by atomic mass is 19.1. The number of aromatic amines is 1. The minimum absolute atomic E-state index is 0.237. The molecule has 1 aromatic carbocycles. The first-order valence-electron chi connectivity index (χ1n) is 6.82. The third-order valence-corrected chi connectivity index (χ3v) is 3.29. The van der Waals surface area contributed by atoms with Crippen molar-refractivity contribution in [2.45, 2.75) is 6.54 Å². The molecule has 0 aliphatic heterocycles. The molecular formula is C16H18FN4+. The summed E-state index contributed by atoms with van der Waals surface area (Å²) < 4.78 is 13.9. The van der Waals surface area contributed by atoms with Crippen LogP contribution in [0.5, 0.6) is 0 Å². The van der Waals surface area contributed by atoms with Crippen LogP contribution in [-0.2, 0) is 6.54 Å². The Hall–Kier alpha value is -2.27. The second kappa shape index (κ2) is 4.93. The number of hydrogen-bond acceptors (Lipinski definition) is 2. The third-order valence-electron chi connectivity index (χ3n) is 3.29. The van der Waals surface area contributed by atoms with E-state index in [4.69, 9.17) is 0 Å². The zero-order valence-corrected chi connectivity index (χ0v) is 12.4. The molecule has 0 saturated heterocycles. The zero-order chi connectivity index (χ0) is 15.0. The van der Waals surface area contributed by atoms with Crippen LogP contribution in [0.3, 0.4) is 0 Å². The second-order valence-corrected chi connectivity index (χ2v) is 6.19. The van der Waals surface area contributed by atoms with Gasteiger partial charge in [-0.1, -0.05) is 0 Å². The summed E-state index contributed by atoms with van der Waals surface area (Å²) in [6, 6.07) is 6.49. The van der Waals surface area contributed by atoms with E-state index in [1.54, 1.807) is 24.5 Å². The topological polar surface area (TPSA) is 41.6 Å². The fraction of sp³-hybridized carbons (Fsp3) is 0.250. The minimum Gasteiger partial charge on any atom is -0.337 e. The molecule has 3 rings (SSSR count). The maximum atomic E-state index is 13.1. The summed E-state index contributed by atoms with van der Waals surface area (Å²) in [5.74, 6) is -0.237. The van der Waals surface area contributed by atoms with E-state index in [-0.39, 0.29) is 5.82 Å². The molecular weight excluding hydrogens is 267 g/mol. The number of rotatable bonds is 3. The molecule has 0 radical (unpaired) electrons. The average Bonchev–Trinajstić information content (AvgIpc) is 2.77. The monoisotopic (exact) mass is 285 g/mol. The number of fused-ring (bicyclic) bond motifs is 1. The quantitative estimate of drug-likeness (QED) is 0.752. The molecule has 0 saturated carbocycles. The molecule has 0 aliphatic carbocycles. The predicted molar refractivity (Wildman–Crippen MR) is 81.0 cm³/mol. The molecule has 2 aromatic heterocycles. The van der Waals surface area contributed by atoms with Gasteiger partial charge in [0.05, 0.1) is 32.4 Å². The normalized spacial score (nSPS) is 12.0. The summed E-state index contributed by atoms with van der Waals surface area (Å²) in [4.78, 5) is 12.1. The van der Waals surface area contributed by atoms with Gasteiger partial charge in [0.1, 0.15) is 17.9 Å². The van der Waals surface area contributed by atoms with Crippen molar-refractivity contribution in [1.82, 2.24) is 15.0 Å². The molecule has 108 valence electrons. The lowest BCUT2D eigenvalue weighted by Crippen LogP contribution is -2.33. The van der Waals surface area contributed by atoms with Gasteiger partial charge in [0.2, 0.25) is 0 Å². The van der Waals surface area contributed by atoms with Crippen molar-refractivity contribution in [1.29, 1.82) is 0 Å². The standard InChI is InChI=1S/C16H18FN4/c1-21(2,3)10-13-14(11-4-6-12(17)7-5-11)20-16-15(13)18-8-9-19-16/h4-9H,10H2,1-3H3,(H,19,20)/q+1. The van der Waals surface area contributed by atoms with E-state index in [1.165, 1.54) is 12.1 Å². The van der Waals surface area contributed by atoms with Gasteiger partial charge in [0.25, 0.3) is 0 Å². The van der Waals surface area contributed by atoms with Crippen molar-refractivity contribution in [3.63, 3.8) is 0 Å². The Kier molecular flexibility index (Phi) is 3.22. The SMILES string of the molecule is C[N+](C)(C)Cc1c(-c2ccc(F)cc2)[nH]c2nccnc12. The number of nitrogens with zero attached hydrogens (tertiary/aromatic N) is 3. The molecule has 3 aromatic rings. The van der Waals surface area contributed by atoms with Crippen LogP contribution in [0.25, 0.3) is 22.4 Å². The van der Waals surface area contributed by atoms with Crippen LogP contribution >= 0.6 is 0 Å². The Bertz CT molecular complexity index is 769. The third kappa shape index (κ3) is 2.78. The molecule has 21 heavy (non-hydrogen) atoms. The van der Waals surface area contributed by atoms with Crippen LogP contribution in [-0.4, -0.2) is 40.6 Å². The van der Waals surface area contributed by atoms with E-state index < -0.39 is 0 Å². The Morgan fingerprint density at radius 3 is 2.38 bits per heavy atom. The molecule has 0 unspecified atom stereocenters. The van der Waals surface area contributed by atoms with Gasteiger partial charge in [-0.25, -0.2) is 9.37 Å². The summed E-state index contributed by atoms with van der Waals surface area (Å²) in [5.41, 5.74) is 4.66. The lowest BCUT2D eigenvalue weighted by atomic mass is 10.1. The Balaban J connectivity index is 2.21. The summed E-state index contributed by atoms with van der Waals surface area (Å²) in [7, 11) is 6.39. The van der Waals surface area contributed by atoms with Crippen LogP contribution in [0.1, 0.15) is 5.56 Å². The van der Waals surface area contributed by atoms with Gasteiger partial charge in [-0.05, 0) is 29.8 Å². The Morgan fingerprint density at radius 1 is 1.05 bits per heavy atom. The van der Waals surface area contributed by atoms with Gasteiger partial charge in [0.15, 0.2) is 5.65 Å². The van der Waals surface area contributed by atoms with E-state index >= 15 is 0 Å². The zero-order valence-electron chi connectivity index (χ0n) is 12.4. The molecule has 0 aliphatic rings. The second-order valence-electron chi connectivity index (χ2n) is 6.19. The molecule has 5 heteroatoms. The fourth-order valence-electron chi connectivity index (χ4n) is 2.45. The van der Waals surface area contributed by atoms with Crippen molar-refractivity contribution >= 4 is 11.2 Å². The lowest BCUT2D eigenvalue weighted by Gasteiger charge is -2.24. The minimum atomic E-state index is -0.237. The smallest absolute Gasteiger partial charge is 0.157 e. The highest BCUT2D eigenvalue weighted by Crippen LogP contribution is 2.30. The molecule has 0 atom stereocenters. The van der Waals surface area contributed by atoms with E-state index in [1.807, 2.05) is 0 Å². The first-order chi connectivity index (χ1) is 9.94. The van der Waals surface area contributed by atoms with Crippen LogP contribution in [0.4, 0.5) is 4.39 Å². The molecule has 0 spiro atoms. The van der Waals surface area contributed by atoms with Crippen LogP contribution in [0.15, 0.2) is 36.7 Å². The average molecular weight is 285 g/mol. The van der Waals surface area contributed by atoms with Crippen molar-refractivity contribution < 1.29 is 8.87 Å². The number of halogens is 1. The van der Waals surface area contributed by atoms with E-state index in [9.17, 15) is 4.39 Å². The summed E-state index contributed by atoms with van der Waals surface area (Å²) in [6.07, 6.45) is 3.37. The van der Waals surface area contributed by atoms with Crippen LogP contribution < -0.4 is 0 Å². The van der Waals surface area contributed by atoms with E-state index in [0.717, 1.165) is 39.0 Å². The first kappa shape index (κ1) is 13.7. The van der Waals surface area contributed by atoms with Crippen LogP contribution in [0.2, 0.25) is 0 Å². The number of benzene rings is 1. The van der Waals surface area contributed by atoms with Crippen molar-refractivity contribution in [3.8, 4) is 11.3 Å². The predicted octanol–water partition coefficient (Wildman–Crippen LogP) is 2.97.